The average Bonchev–Trinajstić information content (AvgIpc) is 2.69. The Bertz CT molecular complexity index is 476. The van der Waals surface area contributed by atoms with Gasteiger partial charge in [0.15, 0.2) is 8.32 Å². The first kappa shape index (κ1) is 21.2. The van der Waals surface area contributed by atoms with Gasteiger partial charge in [-0.2, -0.15) is 0 Å². The minimum Gasteiger partial charge on any atom is -0.443 e. The summed E-state index contributed by atoms with van der Waals surface area (Å²) in [6.45, 7) is 18.8. The van der Waals surface area contributed by atoms with Crippen LogP contribution in [-0.2, 0) is 14.0 Å². The minimum atomic E-state index is -1.94. The largest absolute Gasteiger partial charge is 0.443 e. The first-order chi connectivity index (χ1) is 10.7. The van der Waals surface area contributed by atoms with Gasteiger partial charge < -0.3 is 9.16 Å². The van der Waals surface area contributed by atoms with E-state index in [9.17, 15) is 9.59 Å². The Morgan fingerprint density at radius 2 is 1.75 bits per heavy atom. The number of rotatable bonds is 4. The molecule has 1 saturated heterocycles. The van der Waals surface area contributed by atoms with Gasteiger partial charge in [-0.25, -0.2) is 9.69 Å². The number of imide groups is 1. The molecule has 0 aliphatic carbocycles. The zero-order valence-electron chi connectivity index (χ0n) is 16.9. The van der Waals surface area contributed by atoms with Crippen LogP contribution in [-0.4, -0.2) is 43.5 Å². The van der Waals surface area contributed by atoms with Crippen molar-refractivity contribution in [3.63, 3.8) is 0 Å². The molecule has 1 aliphatic rings. The topological polar surface area (TPSA) is 55.8 Å². The van der Waals surface area contributed by atoms with Crippen molar-refractivity contribution >= 4 is 20.3 Å². The third-order valence-corrected chi connectivity index (χ3v) is 9.62. The summed E-state index contributed by atoms with van der Waals surface area (Å²) in [5, 5.41) is 0.0913. The molecule has 1 rings (SSSR count). The summed E-state index contributed by atoms with van der Waals surface area (Å²) in [5.41, 5.74) is -0.619. The highest BCUT2D eigenvalue weighted by molar-refractivity contribution is 6.74. The van der Waals surface area contributed by atoms with Crippen LogP contribution in [0.5, 0.6) is 0 Å². The monoisotopic (exact) mass is 357 g/mol. The smallest absolute Gasteiger partial charge is 0.417 e. The van der Waals surface area contributed by atoms with Crippen molar-refractivity contribution in [1.29, 1.82) is 0 Å². The maximum atomic E-state index is 12.5. The number of ether oxygens (including phenoxy) is 1. The standard InChI is InChI=1S/C18H35NO4Si/c1-10-13-11-15(20)19(16(21)23-17(2,3)4)14(13)12-22-24(8,9)18(5,6)7/h13-14H,10-12H2,1-9H3/t13-,14+/m0/s1. The fourth-order valence-corrected chi connectivity index (χ4v) is 3.56. The summed E-state index contributed by atoms with van der Waals surface area (Å²) < 4.78 is 11.7. The number of nitrogens with zero attached hydrogens (tertiary/aromatic N) is 1. The second-order valence-corrected chi connectivity index (χ2v) is 14.1. The molecule has 0 unspecified atom stereocenters. The SMILES string of the molecule is CC[C@H]1CC(=O)N(C(=O)OC(C)(C)C)[C@@H]1CO[Si](C)(C)C(C)(C)C. The van der Waals surface area contributed by atoms with Gasteiger partial charge in [-0.15, -0.1) is 0 Å². The van der Waals surface area contributed by atoms with Crippen molar-refractivity contribution in [2.24, 2.45) is 5.92 Å². The van der Waals surface area contributed by atoms with Crippen molar-refractivity contribution in [3.8, 4) is 0 Å². The van der Waals surface area contributed by atoms with E-state index >= 15 is 0 Å². The number of amides is 2. The van der Waals surface area contributed by atoms with Crippen LogP contribution in [0.1, 0.15) is 61.3 Å². The third kappa shape index (κ3) is 5.05. The molecule has 140 valence electrons. The van der Waals surface area contributed by atoms with Gasteiger partial charge in [0.2, 0.25) is 5.91 Å². The van der Waals surface area contributed by atoms with E-state index in [-0.39, 0.29) is 22.9 Å². The van der Waals surface area contributed by atoms with Crippen LogP contribution in [0.3, 0.4) is 0 Å². The second kappa shape index (κ2) is 7.16. The summed E-state index contributed by atoms with van der Waals surface area (Å²) in [6, 6.07) is -0.230. The van der Waals surface area contributed by atoms with Gasteiger partial charge in [0.25, 0.3) is 0 Å². The highest BCUT2D eigenvalue weighted by Gasteiger charge is 2.46. The van der Waals surface area contributed by atoms with Crippen LogP contribution in [0.2, 0.25) is 18.1 Å². The van der Waals surface area contributed by atoms with Gasteiger partial charge in [0.05, 0.1) is 12.6 Å². The molecule has 0 aromatic rings. The Kier molecular flexibility index (Phi) is 6.31. The quantitative estimate of drug-likeness (QED) is 0.692. The van der Waals surface area contributed by atoms with Crippen LogP contribution in [0.15, 0.2) is 0 Å². The van der Waals surface area contributed by atoms with Gasteiger partial charge in [-0.1, -0.05) is 34.1 Å². The van der Waals surface area contributed by atoms with Crippen molar-refractivity contribution in [2.45, 2.75) is 91.1 Å². The van der Waals surface area contributed by atoms with E-state index in [1.54, 1.807) is 0 Å². The minimum absolute atomic E-state index is 0.0913. The molecule has 6 heteroatoms. The average molecular weight is 358 g/mol. The van der Waals surface area contributed by atoms with Crippen molar-refractivity contribution in [1.82, 2.24) is 4.90 Å². The molecule has 2 atom stereocenters. The molecule has 0 N–H and O–H groups in total. The fraction of sp³-hybridized carbons (Fsp3) is 0.889. The molecule has 0 aromatic carbocycles. The van der Waals surface area contributed by atoms with E-state index in [4.69, 9.17) is 9.16 Å². The van der Waals surface area contributed by atoms with E-state index in [1.165, 1.54) is 4.90 Å². The molecule has 0 saturated carbocycles. The second-order valence-electron chi connectivity index (χ2n) is 9.26. The van der Waals surface area contributed by atoms with Gasteiger partial charge in [0.1, 0.15) is 5.60 Å². The lowest BCUT2D eigenvalue weighted by molar-refractivity contribution is -0.128. The molecule has 0 aromatic heterocycles. The Morgan fingerprint density at radius 1 is 1.21 bits per heavy atom. The maximum Gasteiger partial charge on any atom is 0.417 e. The first-order valence-corrected chi connectivity index (χ1v) is 11.8. The zero-order chi connectivity index (χ0) is 18.9. The zero-order valence-corrected chi connectivity index (χ0v) is 17.9. The van der Waals surface area contributed by atoms with Crippen molar-refractivity contribution < 1.29 is 18.8 Å². The highest BCUT2D eigenvalue weighted by Crippen LogP contribution is 2.38. The van der Waals surface area contributed by atoms with Gasteiger partial charge in [-0.05, 0) is 44.8 Å². The van der Waals surface area contributed by atoms with E-state index in [1.807, 2.05) is 20.8 Å². The van der Waals surface area contributed by atoms with Crippen LogP contribution in [0.4, 0.5) is 4.79 Å². The number of carbonyl (C=O) groups excluding carboxylic acids is 2. The number of likely N-dealkylation sites (tertiary alicyclic amines) is 1. The molecule has 1 fully saturated rings. The normalized spacial score (nSPS) is 22.9. The lowest BCUT2D eigenvalue weighted by atomic mass is 9.98. The number of hydrogen-bond donors (Lipinski definition) is 0. The Morgan fingerprint density at radius 3 is 2.17 bits per heavy atom. The molecule has 5 nitrogen and oxygen atoms in total. The van der Waals surface area contributed by atoms with Crippen molar-refractivity contribution in [3.05, 3.63) is 0 Å². The molecule has 2 amide bonds. The van der Waals surface area contributed by atoms with E-state index in [0.29, 0.717) is 13.0 Å². The molecule has 0 radical (unpaired) electrons. The third-order valence-electron chi connectivity index (χ3n) is 5.12. The highest BCUT2D eigenvalue weighted by atomic mass is 28.4. The molecule has 0 bridgehead atoms. The summed E-state index contributed by atoms with van der Waals surface area (Å²) in [7, 11) is -1.94. The molecule has 1 aliphatic heterocycles. The number of hydrogen-bond acceptors (Lipinski definition) is 4. The molecule has 24 heavy (non-hydrogen) atoms. The molecular formula is C18H35NO4Si. The predicted octanol–water partition coefficient (Wildman–Crippen LogP) is 4.57. The predicted molar refractivity (Wildman–Crippen MR) is 98.4 cm³/mol. The van der Waals surface area contributed by atoms with Crippen LogP contribution in [0.25, 0.3) is 0 Å². The first-order valence-electron chi connectivity index (χ1n) is 8.88. The maximum absolute atomic E-state index is 12.5. The Labute approximate surface area is 148 Å². The lowest BCUT2D eigenvalue weighted by Gasteiger charge is -2.38. The summed E-state index contributed by atoms with van der Waals surface area (Å²) in [5.74, 6) is -0.0188. The van der Waals surface area contributed by atoms with E-state index < -0.39 is 20.0 Å². The van der Waals surface area contributed by atoms with Crippen LogP contribution >= 0.6 is 0 Å². The lowest BCUT2D eigenvalue weighted by Crippen LogP contribution is -2.49. The van der Waals surface area contributed by atoms with Crippen molar-refractivity contribution in [2.75, 3.05) is 6.61 Å². The molecule has 0 spiro atoms. The summed E-state index contributed by atoms with van der Waals surface area (Å²) in [6.07, 6.45) is 0.685. The summed E-state index contributed by atoms with van der Waals surface area (Å²) in [4.78, 5) is 26.2. The number of carbonyl (C=O) groups is 2. The van der Waals surface area contributed by atoms with Gasteiger partial charge in [-0.3, -0.25) is 4.79 Å². The van der Waals surface area contributed by atoms with Crippen LogP contribution in [0, 0.1) is 5.92 Å². The summed E-state index contributed by atoms with van der Waals surface area (Å²) >= 11 is 0. The fourth-order valence-electron chi connectivity index (χ4n) is 2.54. The van der Waals surface area contributed by atoms with E-state index in [2.05, 4.69) is 40.8 Å². The van der Waals surface area contributed by atoms with Gasteiger partial charge in [0, 0.05) is 6.42 Å². The Hall–Kier alpha value is -0.883. The molecular weight excluding hydrogens is 322 g/mol. The molecule has 1 heterocycles. The van der Waals surface area contributed by atoms with Crippen LogP contribution < -0.4 is 0 Å². The van der Waals surface area contributed by atoms with Gasteiger partial charge >= 0.3 is 6.09 Å². The van der Waals surface area contributed by atoms with E-state index in [0.717, 1.165) is 6.42 Å². The Balaban J connectivity index is 2.93.